The summed E-state index contributed by atoms with van der Waals surface area (Å²) in [5.74, 6) is -0.766. The van der Waals surface area contributed by atoms with E-state index in [0.717, 1.165) is 13.6 Å². The van der Waals surface area contributed by atoms with E-state index in [4.69, 9.17) is 4.74 Å². The van der Waals surface area contributed by atoms with Gasteiger partial charge >= 0.3 is 5.97 Å². The van der Waals surface area contributed by atoms with Crippen LogP contribution in [-0.4, -0.2) is 18.4 Å². The van der Waals surface area contributed by atoms with Crippen molar-refractivity contribution in [2.24, 2.45) is 0 Å². The van der Waals surface area contributed by atoms with Crippen LogP contribution in [0.4, 0.5) is 0 Å². The average Bonchev–Trinajstić information content (AvgIpc) is 2.52. The summed E-state index contributed by atoms with van der Waals surface area (Å²) in [5.41, 5.74) is 1.42. The molecule has 0 unspecified atom stereocenters. The van der Waals surface area contributed by atoms with E-state index in [9.17, 15) is 9.59 Å². The largest absolute Gasteiger partial charge is 0.459 e. The lowest BCUT2D eigenvalue weighted by molar-refractivity contribution is -0.143. The highest BCUT2D eigenvalue weighted by Crippen LogP contribution is 2.16. The first-order chi connectivity index (χ1) is 10.6. The first-order valence-corrected chi connectivity index (χ1v) is 8.37. The Labute approximate surface area is 150 Å². The molecule has 0 atom stereocenters. The predicted octanol–water partition coefficient (Wildman–Crippen LogP) is 3.53. The van der Waals surface area contributed by atoms with Crippen LogP contribution in [0.25, 0.3) is 0 Å². The summed E-state index contributed by atoms with van der Waals surface area (Å²) in [6, 6.07) is 14.7. The second-order valence-corrected chi connectivity index (χ2v) is 6.43. The molecule has 2 aromatic carbocycles. The van der Waals surface area contributed by atoms with Gasteiger partial charge in [-0.1, -0.05) is 46.3 Å². The van der Waals surface area contributed by atoms with Crippen molar-refractivity contribution in [2.75, 3.05) is 6.54 Å². The van der Waals surface area contributed by atoms with Gasteiger partial charge in [-0.15, -0.1) is 0 Å². The van der Waals surface area contributed by atoms with Crippen molar-refractivity contribution in [3.8, 4) is 0 Å². The van der Waals surface area contributed by atoms with Crippen LogP contribution in [0.1, 0.15) is 15.9 Å². The van der Waals surface area contributed by atoms with Crippen molar-refractivity contribution in [1.29, 1.82) is 0 Å². The molecule has 1 N–H and O–H groups in total. The first kappa shape index (κ1) is 17.0. The number of halogens is 2. The number of ether oxygens (including phenoxy) is 1. The smallest absolute Gasteiger partial charge is 0.325 e. The van der Waals surface area contributed by atoms with Crippen molar-refractivity contribution in [2.45, 2.75) is 6.61 Å². The number of carbonyl (C=O) groups is 2. The maximum Gasteiger partial charge on any atom is 0.325 e. The highest BCUT2D eigenvalue weighted by Gasteiger charge is 2.11. The maximum absolute atomic E-state index is 12.0. The minimum absolute atomic E-state index is 0.158. The number of rotatable bonds is 5. The first-order valence-electron chi connectivity index (χ1n) is 6.49. The van der Waals surface area contributed by atoms with Gasteiger partial charge in [0, 0.05) is 13.6 Å². The van der Waals surface area contributed by atoms with Crippen molar-refractivity contribution >= 4 is 50.4 Å². The summed E-state index contributed by atoms with van der Waals surface area (Å²) < 4.78 is 6.85. The van der Waals surface area contributed by atoms with Crippen LogP contribution in [0.15, 0.2) is 53.0 Å². The quantitative estimate of drug-likeness (QED) is 0.534. The molecule has 114 valence electrons. The summed E-state index contributed by atoms with van der Waals surface area (Å²) in [5, 5.41) is 2.56. The monoisotopic (exact) mass is 473 g/mol. The molecule has 0 saturated heterocycles. The van der Waals surface area contributed by atoms with Crippen LogP contribution < -0.4 is 5.32 Å². The fourth-order valence-electron chi connectivity index (χ4n) is 1.72. The molecule has 0 saturated carbocycles. The van der Waals surface area contributed by atoms with Crippen molar-refractivity contribution in [3.63, 3.8) is 0 Å². The fourth-order valence-corrected chi connectivity index (χ4v) is 2.75. The van der Waals surface area contributed by atoms with E-state index in [0.29, 0.717) is 5.56 Å². The minimum Gasteiger partial charge on any atom is -0.459 e. The molecule has 0 aliphatic carbocycles. The fraction of sp³-hybridized carbons (Fsp3) is 0.125. The average molecular weight is 474 g/mol. The molecule has 4 nitrogen and oxygen atoms in total. The summed E-state index contributed by atoms with van der Waals surface area (Å²) in [4.78, 5) is 23.7. The third-order valence-electron chi connectivity index (χ3n) is 2.86. The molecule has 6 heteroatoms. The van der Waals surface area contributed by atoms with Gasteiger partial charge in [-0.2, -0.15) is 0 Å². The predicted molar refractivity (Wildman–Crippen MR) is 95.4 cm³/mol. The molecule has 0 aromatic heterocycles. The van der Waals surface area contributed by atoms with Crippen molar-refractivity contribution < 1.29 is 14.3 Å². The SMILES string of the molecule is O=C(CNC(=O)c1ccccc1I)OCc1ccccc1Br. The summed E-state index contributed by atoms with van der Waals surface area (Å²) in [7, 11) is 0. The Hall–Kier alpha value is -1.41. The number of amides is 1. The van der Waals surface area contributed by atoms with Gasteiger partial charge in [-0.3, -0.25) is 9.59 Å². The molecular formula is C16H13BrINO3. The van der Waals surface area contributed by atoms with Crippen molar-refractivity contribution in [1.82, 2.24) is 5.32 Å². The number of benzene rings is 2. The van der Waals surface area contributed by atoms with Gasteiger partial charge < -0.3 is 10.1 Å². The van der Waals surface area contributed by atoms with E-state index in [1.807, 2.05) is 36.4 Å². The van der Waals surface area contributed by atoms with Crippen LogP contribution >= 0.6 is 38.5 Å². The Morgan fingerprint density at radius 1 is 1.09 bits per heavy atom. The molecule has 2 rings (SSSR count). The zero-order valence-electron chi connectivity index (χ0n) is 11.5. The second kappa shape index (κ2) is 8.28. The summed E-state index contributed by atoms with van der Waals surface area (Å²) in [6.07, 6.45) is 0. The highest BCUT2D eigenvalue weighted by molar-refractivity contribution is 14.1. The molecule has 0 bridgehead atoms. The van der Waals surface area contributed by atoms with Crippen LogP contribution in [0, 0.1) is 3.57 Å². The normalized spacial score (nSPS) is 10.1. The van der Waals surface area contributed by atoms with Gasteiger partial charge in [0.1, 0.15) is 13.2 Å². The number of esters is 1. The number of carbonyl (C=O) groups excluding carboxylic acids is 2. The third-order valence-corrected chi connectivity index (χ3v) is 4.57. The zero-order valence-corrected chi connectivity index (χ0v) is 15.3. The molecule has 1 amide bonds. The lowest BCUT2D eigenvalue weighted by Crippen LogP contribution is -2.31. The number of hydrogen-bond donors (Lipinski definition) is 1. The highest BCUT2D eigenvalue weighted by atomic mass is 127. The molecule has 2 aromatic rings. The summed E-state index contributed by atoms with van der Waals surface area (Å²) >= 11 is 5.46. The lowest BCUT2D eigenvalue weighted by Gasteiger charge is -2.08. The Balaban J connectivity index is 1.82. The zero-order chi connectivity index (χ0) is 15.9. The van der Waals surface area contributed by atoms with Crippen LogP contribution in [-0.2, 0) is 16.1 Å². The second-order valence-electron chi connectivity index (χ2n) is 4.41. The molecule has 0 fully saturated rings. The van der Waals surface area contributed by atoms with E-state index in [-0.39, 0.29) is 19.1 Å². The molecule has 0 aliphatic heterocycles. The molecule has 0 heterocycles. The van der Waals surface area contributed by atoms with Gasteiger partial charge in [0.15, 0.2) is 0 Å². The van der Waals surface area contributed by atoms with Gasteiger partial charge in [0.25, 0.3) is 5.91 Å². The van der Waals surface area contributed by atoms with E-state index >= 15 is 0 Å². The van der Waals surface area contributed by atoms with Gasteiger partial charge in [0.2, 0.25) is 0 Å². The standard InChI is InChI=1S/C16H13BrINO3/c17-13-7-3-1-5-11(13)10-22-15(20)9-19-16(21)12-6-2-4-8-14(12)18/h1-8H,9-10H2,(H,19,21). The van der Waals surface area contributed by atoms with E-state index in [1.165, 1.54) is 0 Å². The van der Waals surface area contributed by atoms with Crippen LogP contribution in [0.5, 0.6) is 0 Å². The Kier molecular flexibility index (Phi) is 6.38. The number of hydrogen-bond acceptors (Lipinski definition) is 3. The minimum atomic E-state index is -0.477. The molecular weight excluding hydrogens is 461 g/mol. The molecule has 0 aliphatic rings. The maximum atomic E-state index is 12.0. The van der Waals surface area contributed by atoms with Gasteiger partial charge in [0.05, 0.1) is 5.56 Å². The van der Waals surface area contributed by atoms with Crippen molar-refractivity contribution in [3.05, 3.63) is 67.7 Å². The topological polar surface area (TPSA) is 55.4 Å². The number of nitrogens with one attached hydrogen (secondary N) is 1. The summed E-state index contributed by atoms with van der Waals surface area (Å²) in [6.45, 7) is 0.00720. The van der Waals surface area contributed by atoms with E-state index in [2.05, 4.69) is 43.8 Å². The van der Waals surface area contributed by atoms with E-state index < -0.39 is 5.97 Å². The van der Waals surface area contributed by atoms with Gasteiger partial charge in [-0.25, -0.2) is 0 Å². The molecule has 22 heavy (non-hydrogen) atoms. The van der Waals surface area contributed by atoms with E-state index in [1.54, 1.807) is 12.1 Å². The third kappa shape index (κ3) is 4.81. The molecule has 0 spiro atoms. The Bertz CT molecular complexity index is 691. The van der Waals surface area contributed by atoms with Crippen LogP contribution in [0.2, 0.25) is 0 Å². The Morgan fingerprint density at radius 3 is 2.50 bits per heavy atom. The van der Waals surface area contributed by atoms with Crippen LogP contribution in [0.3, 0.4) is 0 Å². The Morgan fingerprint density at radius 2 is 1.77 bits per heavy atom. The lowest BCUT2D eigenvalue weighted by atomic mass is 10.2. The van der Waals surface area contributed by atoms with Gasteiger partial charge in [-0.05, 0) is 40.8 Å². The molecule has 0 radical (unpaired) electrons.